The van der Waals surface area contributed by atoms with Crippen LogP contribution in [-0.2, 0) is 0 Å². The van der Waals surface area contributed by atoms with Gasteiger partial charge in [0.25, 0.3) is 0 Å². The topological polar surface area (TPSA) is 95.3 Å². The summed E-state index contributed by atoms with van der Waals surface area (Å²) in [7, 11) is 2.14. The van der Waals surface area contributed by atoms with Gasteiger partial charge in [0.05, 0.1) is 0 Å². The van der Waals surface area contributed by atoms with Crippen LogP contribution in [0.5, 0.6) is 11.6 Å². The predicted octanol–water partition coefficient (Wildman–Crippen LogP) is 4.28. The normalized spacial score (nSPS) is 14.6. The van der Waals surface area contributed by atoms with Gasteiger partial charge in [0.15, 0.2) is 17.4 Å². The van der Waals surface area contributed by atoms with Crippen molar-refractivity contribution in [1.29, 1.82) is 0 Å². The first kappa shape index (κ1) is 21.0. The number of rotatable bonds is 5. The number of nitrogens with zero attached hydrogens (tertiary/aromatic N) is 4. The monoisotopic (exact) mass is 447 g/mol. The lowest BCUT2D eigenvalue weighted by molar-refractivity contribution is 0.313. The number of H-pyrrole nitrogens is 1. The zero-order chi connectivity index (χ0) is 22.9. The number of aromatic nitrogens is 3. The largest absolute Gasteiger partial charge is 0.434 e. The van der Waals surface area contributed by atoms with Gasteiger partial charge < -0.3 is 30.6 Å². The van der Waals surface area contributed by atoms with E-state index < -0.39 is 5.82 Å². The molecular formula is C24H26FN7O. The van der Waals surface area contributed by atoms with E-state index >= 15 is 0 Å². The third-order valence-corrected chi connectivity index (χ3v) is 5.89. The SMILES string of the molecule is Cc1cc2c(F)c(Oc3ncnc(Nc4ccc(N5CCN(C)CC5)cc4)c3N)ccc2[nH]1. The Morgan fingerprint density at radius 3 is 2.58 bits per heavy atom. The number of aryl methyl sites for hydroxylation is 1. The van der Waals surface area contributed by atoms with Crippen molar-refractivity contribution in [2.45, 2.75) is 6.92 Å². The number of likely N-dealkylation sites (N-methyl/N-ethyl adjacent to an activating group) is 1. The molecule has 0 bridgehead atoms. The molecule has 2 aromatic heterocycles. The third-order valence-electron chi connectivity index (χ3n) is 5.89. The Labute approximate surface area is 191 Å². The molecule has 1 aliphatic heterocycles. The highest BCUT2D eigenvalue weighted by atomic mass is 19.1. The highest BCUT2D eigenvalue weighted by molar-refractivity contribution is 5.83. The minimum absolute atomic E-state index is 0.0504. The van der Waals surface area contributed by atoms with Crippen molar-refractivity contribution in [3.05, 3.63) is 60.3 Å². The Balaban J connectivity index is 1.33. The summed E-state index contributed by atoms with van der Waals surface area (Å²) in [6, 6.07) is 13.2. The number of halogens is 1. The van der Waals surface area contributed by atoms with E-state index in [2.05, 4.69) is 49.2 Å². The summed E-state index contributed by atoms with van der Waals surface area (Å²) >= 11 is 0. The third kappa shape index (κ3) is 4.27. The first-order chi connectivity index (χ1) is 16.0. The van der Waals surface area contributed by atoms with Crippen molar-refractivity contribution in [3.63, 3.8) is 0 Å². The van der Waals surface area contributed by atoms with Gasteiger partial charge in [-0.25, -0.2) is 9.37 Å². The van der Waals surface area contributed by atoms with Crippen LogP contribution < -0.4 is 20.7 Å². The molecule has 1 aliphatic rings. The summed E-state index contributed by atoms with van der Waals surface area (Å²) in [5.74, 6) is 0.0663. The fourth-order valence-corrected chi connectivity index (χ4v) is 3.99. The maximum Gasteiger partial charge on any atom is 0.248 e. The van der Waals surface area contributed by atoms with Crippen LogP contribution in [0, 0.1) is 12.7 Å². The van der Waals surface area contributed by atoms with Gasteiger partial charge in [0.1, 0.15) is 12.0 Å². The van der Waals surface area contributed by atoms with Gasteiger partial charge in [0, 0.05) is 54.2 Å². The van der Waals surface area contributed by atoms with Gasteiger partial charge in [0.2, 0.25) is 5.88 Å². The highest BCUT2D eigenvalue weighted by Crippen LogP contribution is 2.34. The van der Waals surface area contributed by atoms with E-state index in [1.54, 1.807) is 18.2 Å². The molecule has 0 aliphatic carbocycles. The second-order valence-corrected chi connectivity index (χ2v) is 8.30. The number of anilines is 4. The van der Waals surface area contributed by atoms with E-state index in [4.69, 9.17) is 10.5 Å². The number of nitrogen functional groups attached to an aromatic ring is 1. The van der Waals surface area contributed by atoms with Crippen LogP contribution in [0.3, 0.4) is 0 Å². The highest BCUT2D eigenvalue weighted by Gasteiger charge is 2.17. The number of aromatic amines is 1. The van der Waals surface area contributed by atoms with Gasteiger partial charge in [-0.1, -0.05) is 0 Å². The molecule has 0 unspecified atom stereocenters. The van der Waals surface area contributed by atoms with Crippen LogP contribution >= 0.6 is 0 Å². The van der Waals surface area contributed by atoms with Crippen LogP contribution in [0.25, 0.3) is 10.9 Å². The van der Waals surface area contributed by atoms with Crippen molar-refractivity contribution in [1.82, 2.24) is 19.9 Å². The van der Waals surface area contributed by atoms with Crippen LogP contribution in [0.2, 0.25) is 0 Å². The summed E-state index contributed by atoms with van der Waals surface area (Å²) in [4.78, 5) is 16.1. The van der Waals surface area contributed by atoms with E-state index in [1.165, 1.54) is 12.0 Å². The van der Waals surface area contributed by atoms with Crippen molar-refractivity contribution in [2.24, 2.45) is 0 Å². The number of hydrogen-bond donors (Lipinski definition) is 3. The zero-order valence-electron chi connectivity index (χ0n) is 18.6. The lowest BCUT2D eigenvalue weighted by atomic mass is 10.2. The molecule has 0 saturated carbocycles. The smallest absolute Gasteiger partial charge is 0.248 e. The molecular weight excluding hydrogens is 421 g/mol. The van der Waals surface area contributed by atoms with Crippen LogP contribution in [0.1, 0.15) is 5.69 Å². The summed E-state index contributed by atoms with van der Waals surface area (Å²) < 4.78 is 20.6. The lowest BCUT2D eigenvalue weighted by Crippen LogP contribution is -2.44. The molecule has 170 valence electrons. The van der Waals surface area contributed by atoms with Crippen molar-refractivity contribution < 1.29 is 9.13 Å². The molecule has 3 heterocycles. The number of fused-ring (bicyclic) bond motifs is 1. The minimum atomic E-state index is -0.469. The van der Waals surface area contributed by atoms with Crippen molar-refractivity contribution in [2.75, 3.05) is 49.2 Å². The Bertz CT molecular complexity index is 1280. The minimum Gasteiger partial charge on any atom is -0.434 e. The number of nitrogens with two attached hydrogens (primary N) is 1. The summed E-state index contributed by atoms with van der Waals surface area (Å²) in [6.45, 7) is 5.99. The van der Waals surface area contributed by atoms with Crippen molar-refractivity contribution in [3.8, 4) is 11.6 Å². The first-order valence-electron chi connectivity index (χ1n) is 10.8. The van der Waals surface area contributed by atoms with Gasteiger partial charge >= 0.3 is 0 Å². The Morgan fingerprint density at radius 1 is 1.06 bits per heavy atom. The number of piperazine rings is 1. The average Bonchev–Trinajstić information content (AvgIpc) is 3.20. The molecule has 0 amide bonds. The van der Waals surface area contributed by atoms with Crippen LogP contribution in [-0.4, -0.2) is 53.1 Å². The fraction of sp³-hybridized carbons (Fsp3) is 0.250. The summed E-state index contributed by atoms with van der Waals surface area (Å²) in [6.07, 6.45) is 1.34. The second kappa shape index (κ2) is 8.59. The van der Waals surface area contributed by atoms with Crippen LogP contribution in [0.15, 0.2) is 48.8 Å². The molecule has 8 nitrogen and oxygen atoms in total. The first-order valence-corrected chi connectivity index (χ1v) is 10.8. The standard InChI is InChI=1S/C24H26FN7O/c1-15-13-18-19(29-15)7-8-20(21(18)25)33-24-22(26)23(27-14-28-24)30-16-3-5-17(6-4-16)32-11-9-31(2)10-12-32/h3-8,13-14,29H,9-12,26H2,1-2H3,(H,27,28,30). The number of ether oxygens (including phenoxy) is 1. The average molecular weight is 448 g/mol. The van der Waals surface area contributed by atoms with E-state index in [0.29, 0.717) is 16.7 Å². The zero-order valence-corrected chi connectivity index (χ0v) is 18.6. The lowest BCUT2D eigenvalue weighted by Gasteiger charge is -2.34. The van der Waals surface area contributed by atoms with E-state index in [1.807, 2.05) is 19.1 Å². The summed E-state index contributed by atoms with van der Waals surface area (Å²) in [5, 5.41) is 3.66. The molecule has 5 rings (SSSR count). The Kier molecular flexibility index (Phi) is 5.47. The van der Waals surface area contributed by atoms with E-state index in [9.17, 15) is 4.39 Å². The number of nitrogens with one attached hydrogen (secondary N) is 2. The fourth-order valence-electron chi connectivity index (χ4n) is 3.99. The van der Waals surface area contributed by atoms with Gasteiger partial charge in [-0.15, -0.1) is 0 Å². The second-order valence-electron chi connectivity index (χ2n) is 8.30. The molecule has 4 N–H and O–H groups in total. The molecule has 33 heavy (non-hydrogen) atoms. The molecule has 2 aromatic carbocycles. The van der Waals surface area contributed by atoms with Gasteiger partial charge in [-0.3, -0.25) is 0 Å². The van der Waals surface area contributed by atoms with Crippen molar-refractivity contribution >= 4 is 33.8 Å². The quantitative estimate of drug-likeness (QED) is 0.420. The molecule has 1 fully saturated rings. The number of hydrogen-bond acceptors (Lipinski definition) is 7. The molecule has 0 atom stereocenters. The predicted molar refractivity (Wildman–Crippen MR) is 129 cm³/mol. The molecule has 0 radical (unpaired) electrons. The molecule has 0 spiro atoms. The maximum absolute atomic E-state index is 14.9. The Morgan fingerprint density at radius 2 is 1.82 bits per heavy atom. The van der Waals surface area contributed by atoms with Crippen LogP contribution in [0.4, 0.5) is 27.3 Å². The Hall–Kier alpha value is -3.85. The maximum atomic E-state index is 14.9. The van der Waals surface area contributed by atoms with E-state index in [0.717, 1.165) is 37.6 Å². The van der Waals surface area contributed by atoms with Gasteiger partial charge in [-0.2, -0.15) is 4.98 Å². The molecule has 9 heteroatoms. The summed E-state index contributed by atoms with van der Waals surface area (Å²) in [5.41, 5.74) is 10.0. The molecule has 4 aromatic rings. The van der Waals surface area contributed by atoms with Gasteiger partial charge in [-0.05, 0) is 56.4 Å². The molecule has 1 saturated heterocycles. The van der Waals surface area contributed by atoms with E-state index in [-0.39, 0.29) is 17.3 Å². The number of benzene rings is 2.